The summed E-state index contributed by atoms with van der Waals surface area (Å²) in [5.74, 6) is 0.236. The Morgan fingerprint density at radius 1 is 1.24 bits per heavy atom. The second-order valence-corrected chi connectivity index (χ2v) is 7.33. The van der Waals surface area contributed by atoms with E-state index in [0.717, 1.165) is 30.5 Å². The van der Waals surface area contributed by atoms with E-state index >= 15 is 0 Å². The van der Waals surface area contributed by atoms with Crippen molar-refractivity contribution in [3.8, 4) is 0 Å². The van der Waals surface area contributed by atoms with E-state index in [1.165, 1.54) is 0 Å². The molecule has 7 heteroatoms. The van der Waals surface area contributed by atoms with E-state index in [2.05, 4.69) is 23.6 Å². The molecule has 0 aromatic carbocycles. The molecule has 2 atom stereocenters. The highest BCUT2D eigenvalue weighted by Crippen LogP contribution is 2.43. The molecule has 0 spiro atoms. The zero-order valence-electron chi connectivity index (χ0n) is 15.4. The topological polar surface area (TPSA) is 84.5 Å². The zero-order valence-corrected chi connectivity index (χ0v) is 15.4. The molecule has 3 rings (SSSR count). The summed E-state index contributed by atoms with van der Waals surface area (Å²) < 4.78 is 2.05. The van der Waals surface area contributed by atoms with Crippen LogP contribution in [0.25, 0.3) is 0 Å². The molecule has 138 valence electrons. The second kappa shape index (κ2) is 7.15. The van der Waals surface area contributed by atoms with E-state index in [-0.39, 0.29) is 17.9 Å². The minimum absolute atomic E-state index is 0.0721. The minimum Gasteiger partial charge on any atom is -0.368 e. The van der Waals surface area contributed by atoms with Crippen LogP contribution in [0, 0.1) is 0 Å². The summed E-state index contributed by atoms with van der Waals surface area (Å²) in [6.45, 7) is 8.70. The Balaban J connectivity index is 1.72. The van der Waals surface area contributed by atoms with Crippen LogP contribution in [-0.4, -0.2) is 63.6 Å². The van der Waals surface area contributed by atoms with E-state index < -0.39 is 0 Å². The number of carbonyl (C=O) groups is 2. The number of hydrogen-bond donors (Lipinski definition) is 1. The molecule has 2 fully saturated rings. The van der Waals surface area contributed by atoms with E-state index in [9.17, 15) is 9.59 Å². The van der Waals surface area contributed by atoms with Crippen molar-refractivity contribution in [1.29, 1.82) is 0 Å². The first-order valence-electron chi connectivity index (χ1n) is 9.34. The van der Waals surface area contributed by atoms with Crippen LogP contribution >= 0.6 is 0 Å². The van der Waals surface area contributed by atoms with Crippen molar-refractivity contribution in [3.63, 3.8) is 0 Å². The number of primary amides is 1. The summed E-state index contributed by atoms with van der Waals surface area (Å²) in [7, 11) is 0. The van der Waals surface area contributed by atoms with Crippen LogP contribution in [0.5, 0.6) is 0 Å². The summed E-state index contributed by atoms with van der Waals surface area (Å²) in [5.41, 5.74) is 7.27. The molecular weight excluding hydrogens is 318 g/mol. The van der Waals surface area contributed by atoms with Gasteiger partial charge in [0.15, 0.2) is 0 Å². The summed E-state index contributed by atoms with van der Waals surface area (Å²) >= 11 is 0. The Morgan fingerprint density at radius 2 is 1.88 bits per heavy atom. The molecule has 0 bridgehead atoms. The van der Waals surface area contributed by atoms with Gasteiger partial charge in [0.25, 0.3) is 5.91 Å². The maximum atomic E-state index is 13.0. The molecule has 1 saturated heterocycles. The number of piperazine rings is 1. The molecule has 1 aliphatic heterocycles. The lowest BCUT2D eigenvalue weighted by atomic mass is 10.1. The van der Waals surface area contributed by atoms with Crippen molar-refractivity contribution < 1.29 is 9.59 Å². The van der Waals surface area contributed by atoms with Gasteiger partial charge in [-0.1, -0.05) is 6.92 Å². The lowest BCUT2D eigenvalue weighted by Crippen LogP contribution is -2.54. The third-order valence-corrected chi connectivity index (χ3v) is 5.60. The summed E-state index contributed by atoms with van der Waals surface area (Å²) in [5, 5.41) is 4.53. The molecule has 1 aromatic rings. The predicted octanol–water partition coefficient (Wildman–Crippen LogP) is 1.36. The quantitative estimate of drug-likeness (QED) is 0.842. The Morgan fingerprint density at radius 3 is 2.40 bits per heavy atom. The molecule has 1 aromatic heterocycles. The van der Waals surface area contributed by atoms with Gasteiger partial charge in [-0.15, -0.1) is 0 Å². The van der Waals surface area contributed by atoms with E-state index in [1.807, 2.05) is 16.7 Å². The molecule has 25 heavy (non-hydrogen) atoms. The van der Waals surface area contributed by atoms with Crippen molar-refractivity contribution in [2.75, 3.05) is 26.2 Å². The minimum atomic E-state index is -0.314. The molecule has 0 radical (unpaired) electrons. The molecule has 2 amide bonds. The SMILES string of the molecule is CC[C@H](C)n1ncc(C(=O)N2CCN([C@H](C)C(N)=O)CC2)c1C1CC1. The maximum Gasteiger partial charge on any atom is 0.257 e. The monoisotopic (exact) mass is 347 g/mol. The molecule has 7 nitrogen and oxygen atoms in total. The smallest absolute Gasteiger partial charge is 0.257 e. The molecule has 2 N–H and O–H groups in total. The fraction of sp³-hybridized carbons (Fsp3) is 0.722. The summed E-state index contributed by atoms with van der Waals surface area (Å²) in [4.78, 5) is 28.3. The first-order chi connectivity index (χ1) is 11.9. The average molecular weight is 347 g/mol. The lowest BCUT2D eigenvalue weighted by Gasteiger charge is -2.37. The van der Waals surface area contributed by atoms with Gasteiger partial charge in [-0.05, 0) is 33.1 Å². The highest BCUT2D eigenvalue weighted by atomic mass is 16.2. The Labute approximate surface area is 149 Å². The molecule has 2 heterocycles. The van der Waals surface area contributed by atoms with Crippen molar-refractivity contribution in [2.45, 2.75) is 58.0 Å². The van der Waals surface area contributed by atoms with Crippen LogP contribution in [-0.2, 0) is 4.79 Å². The van der Waals surface area contributed by atoms with Gasteiger partial charge in [0.1, 0.15) is 0 Å². The van der Waals surface area contributed by atoms with Gasteiger partial charge in [-0.2, -0.15) is 5.10 Å². The van der Waals surface area contributed by atoms with Crippen molar-refractivity contribution in [2.24, 2.45) is 5.73 Å². The number of rotatable bonds is 6. The first-order valence-corrected chi connectivity index (χ1v) is 9.34. The Bertz CT molecular complexity index is 644. The van der Waals surface area contributed by atoms with Crippen LogP contribution in [0.2, 0.25) is 0 Å². The highest BCUT2D eigenvalue weighted by Gasteiger charge is 2.35. The number of amides is 2. The van der Waals surface area contributed by atoms with Gasteiger partial charge in [-0.3, -0.25) is 19.2 Å². The van der Waals surface area contributed by atoms with Crippen LogP contribution < -0.4 is 5.73 Å². The largest absolute Gasteiger partial charge is 0.368 e. The molecule has 2 aliphatic rings. The number of hydrogen-bond acceptors (Lipinski definition) is 4. The van der Waals surface area contributed by atoms with Gasteiger partial charge < -0.3 is 10.6 Å². The molecule has 1 aliphatic carbocycles. The second-order valence-electron chi connectivity index (χ2n) is 7.33. The molecule has 0 unspecified atom stereocenters. The van der Waals surface area contributed by atoms with E-state index in [0.29, 0.717) is 38.1 Å². The lowest BCUT2D eigenvalue weighted by molar-refractivity contribution is -0.123. The van der Waals surface area contributed by atoms with E-state index in [4.69, 9.17) is 5.73 Å². The van der Waals surface area contributed by atoms with Crippen LogP contribution in [0.15, 0.2) is 6.20 Å². The van der Waals surface area contributed by atoms with Crippen LogP contribution in [0.3, 0.4) is 0 Å². The van der Waals surface area contributed by atoms with Crippen molar-refractivity contribution in [1.82, 2.24) is 19.6 Å². The number of aromatic nitrogens is 2. The maximum absolute atomic E-state index is 13.0. The Kier molecular flexibility index (Phi) is 5.13. The fourth-order valence-electron chi connectivity index (χ4n) is 3.49. The highest BCUT2D eigenvalue weighted by molar-refractivity contribution is 5.95. The van der Waals surface area contributed by atoms with Gasteiger partial charge >= 0.3 is 0 Å². The van der Waals surface area contributed by atoms with Gasteiger partial charge in [0, 0.05) is 38.1 Å². The van der Waals surface area contributed by atoms with Gasteiger partial charge in [-0.25, -0.2) is 0 Å². The van der Waals surface area contributed by atoms with Crippen molar-refractivity contribution >= 4 is 11.8 Å². The van der Waals surface area contributed by atoms with Crippen molar-refractivity contribution in [3.05, 3.63) is 17.5 Å². The average Bonchev–Trinajstić information content (AvgIpc) is 3.37. The molecular formula is C18H29N5O2. The normalized spacial score (nSPS) is 21.2. The first kappa shape index (κ1) is 17.9. The van der Waals surface area contributed by atoms with Gasteiger partial charge in [0.05, 0.1) is 23.5 Å². The van der Waals surface area contributed by atoms with Crippen LogP contribution in [0.4, 0.5) is 0 Å². The van der Waals surface area contributed by atoms with Gasteiger partial charge in [0.2, 0.25) is 5.91 Å². The number of nitrogens with two attached hydrogens (primary N) is 1. The van der Waals surface area contributed by atoms with E-state index in [1.54, 1.807) is 6.20 Å². The number of nitrogens with zero attached hydrogens (tertiary/aromatic N) is 4. The van der Waals surface area contributed by atoms with Crippen LogP contribution in [0.1, 0.15) is 68.0 Å². The zero-order chi connectivity index (χ0) is 18.1. The summed E-state index contributed by atoms with van der Waals surface area (Å²) in [6, 6.07) is 0.0258. The third kappa shape index (κ3) is 3.56. The summed E-state index contributed by atoms with van der Waals surface area (Å²) in [6.07, 6.45) is 5.04. The standard InChI is InChI=1S/C18H29N5O2/c1-4-12(2)23-16(14-5-6-14)15(11-20-23)18(25)22-9-7-21(8-10-22)13(3)17(19)24/h11-14H,4-10H2,1-3H3,(H2,19,24)/t12-,13+/m0/s1. The Hall–Kier alpha value is -1.89. The molecule has 1 saturated carbocycles. The fourth-order valence-corrected chi connectivity index (χ4v) is 3.49. The third-order valence-electron chi connectivity index (χ3n) is 5.60. The predicted molar refractivity (Wildman–Crippen MR) is 95.3 cm³/mol. The number of carbonyl (C=O) groups excluding carboxylic acids is 2.